The Morgan fingerprint density at radius 3 is 2.35 bits per heavy atom. The molecule has 0 aliphatic carbocycles. The second-order valence-corrected chi connectivity index (χ2v) is 5.05. The number of amides is 2. The lowest BCUT2D eigenvalue weighted by Crippen LogP contribution is -2.34. The number of hydrogen-bond donors (Lipinski definition) is 0. The molecule has 2 rings (SSSR count). The molecule has 1 heterocycles. The molecular formula is C13H13NO2S. The predicted molar refractivity (Wildman–Crippen MR) is 69.4 cm³/mol. The molecule has 1 aromatic rings. The maximum Gasteiger partial charge on any atom is 0.293 e. The SMILES string of the molecule is CC(C)N1C(=O)S/C(=C/c2ccccc2)C1=O. The van der Waals surface area contributed by atoms with Crippen molar-refractivity contribution in [3.05, 3.63) is 40.8 Å². The molecule has 0 atom stereocenters. The molecule has 88 valence electrons. The molecule has 1 saturated heterocycles. The Hall–Kier alpha value is -1.55. The highest BCUT2D eigenvalue weighted by molar-refractivity contribution is 8.18. The highest BCUT2D eigenvalue weighted by Gasteiger charge is 2.36. The zero-order valence-electron chi connectivity index (χ0n) is 9.71. The summed E-state index contributed by atoms with van der Waals surface area (Å²) in [4.78, 5) is 25.4. The first-order chi connectivity index (χ1) is 8.09. The lowest BCUT2D eigenvalue weighted by Gasteiger charge is -2.16. The van der Waals surface area contributed by atoms with Crippen LogP contribution in [0.25, 0.3) is 6.08 Å². The summed E-state index contributed by atoms with van der Waals surface area (Å²) in [5.41, 5.74) is 0.932. The van der Waals surface area contributed by atoms with Gasteiger partial charge in [0.1, 0.15) is 0 Å². The third-order valence-corrected chi connectivity index (χ3v) is 3.32. The fourth-order valence-corrected chi connectivity index (χ4v) is 2.59. The third kappa shape index (κ3) is 2.42. The van der Waals surface area contributed by atoms with Crippen LogP contribution in [-0.2, 0) is 4.79 Å². The number of carbonyl (C=O) groups excluding carboxylic acids is 2. The van der Waals surface area contributed by atoms with Gasteiger partial charge in [-0.25, -0.2) is 0 Å². The number of thioether (sulfide) groups is 1. The Balaban J connectivity index is 2.28. The molecule has 0 bridgehead atoms. The van der Waals surface area contributed by atoms with Gasteiger partial charge in [0.05, 0.1) is 4.91 Å². The summed E-state index contributed by atoms with van der Waals surface area (Å²) in [6.45, 7) is 3.67. The summed E-state index contributed by atoms with van der Waals surface area (Å²) in [7, 11) is 0. The highest BCUT2D eigenvalue weighted by Crippen LogP contribution is 2.33. The summed E-state index contributed by atoms with van der Waals surface area (Å²) in [6.07, 6.45) is 1.76. The van der Waals surface area contributed by atoms with Crippen molar-refractivity contribution in [2.45, 2.75) is 19.9 Å². The smallest absolute Gasteiger partial charge is 0.268 e. The summed E-state index contributed by atoms with van der Waals surface area (Å²) < 4.78 is 0. The Morgan fingerprint density at radius 2 is 1.82 bits per heavy atom. The molecule has 0 unspecified atom stereocenters. The second kappa shape index (κ2) is 4.75. The van der Waals surface area contributed by atoms with E-state index in [0.29, 0.717) is 4.91 Å². The van der Waals surface area contributed by atoms with E-state index in [1.807, 2.05) is 44.2 Å². The van der Waals surface area contributed by atoms with Crippen molar-refractivity contribution in [3.63, 3.8) is 0 Å². The van der Waals surface area contributed by atoms with Crippen LogP contribution in [0.15, 0.2) is 35.2 Å². The molecule has 0 spiro atoms. The van der Waals surface area contributed by atoms with E-state index in [4.69, 9.17) is 0 Å². The Labute approximate surface area is 104 Å². The quantitative estimate of drug-likeness (QED) is 0.753. The van der Waals surface area contributed by atoms with Gasteiger partial charge in [-0.3, -0.25) is 14.5 Å². The monoisotopic (exact) mass is 247 g/mol. The largest absolute Gasteiger partial charge is 0.293 e. The molecule has 17 heavy (non-hydrogen) atoms. The molecular weight excluding hydrogens is 234 g/mol. The normalized spacial score (nSPS) is 18.5. The highest BCUT2D eigenvalue weighted by atomic mass is 32.2. The van der Waals surface area contributed by atoms with Gasteiger partial charge >= 0.3 is 0 Å². The maximum absolute atomic E-state index is 12.0. The molecule has 1 fully saturated rings. The van der Waals surface area contributed by atoms with Crippen LogP contribution in [0.5, 0.6) is 0 Å². The number of rotatable bonds is 2. The molecule has 2 amide bonds. The Morgan fingerprint density at radius 1 is 1.18 bits per heavy atom. The molecule has 0 aromatic heterocycles. The van der Waals surface area contributed by atoms with Gasteiger partial charge in [-0.2, -0.15) is 0 Å². The minimum atomic E-state index is -0.196. The summed E-state index contributed by atoms with van der Waals surface area (Å²) in [5.74, 6) is -0.196. The third-order valence-electron chi connectivity index (χ3n) is 2.44. The van der Waals surface area contributed by atoms with E-state index in [1.165, 1.54) is 4.90 Å². The molecule has 1 aliphatic rings. The summed E-state index contributed by atoms with van der Waals surface area (Å²) in [5, 5.41) is -0.188. The van der Waals surface area contributed by atoms with Gasteiger partial charge in [-0.15, -0.1) is 0 Å². The van der Waals surface area contributed by atoms with E-state index < -0.39 is 0 Å². The van der Waals surface area contributed by atoms with Gasteiger partial charge in [-0.1, -0.05) is 30.3 Å². The second-order valence-electron chi connectivity index (χ2n) is 4.06. The van der Waals surface area contributed by atoms with Crippen LogP contribution in [-0.4, -0.2) is 22.1 Å². The summed E-state index contributed by atoms with van der Waals surface area (Å²) in [6, 6.07) is 9.44. The van der Waals surface area contributed by atoms with Crippen molar-refractivity contribution in [1.29, 1.82) is 0 Å². The molecule has 0 radical (unpaired) electrons. The molecule has 1 aromatic carbocycles. The fourth-order valence-electron chi connectivity index (χ4n) is 1.63. The molecule has 3 nitrogen and oxygen atoms in total. The van der Waals surface area contributed by atoms with Crippen LogP contribution in [0.4, 0.5) is 4.79 Å². The van der Waals surface area contributed by atoms with Crippen LogP contribution in [0.3, 0.4) is 0 Å². The van der Waals surface area contributed by atoms with Crippen molar-refractivity contribution in [1.82, 2.24) is 4.90 Å². The van der Waals surface area contributed by atoms with E-state index in [2.05, 4.69) is 0 Å². The first kappa shape index (κ1) is 11.9. The van der Waals surface area contributed by atoms with Crippen LogP contribution < -0.4 is 0 Å². The predicted octanol–water partition coefficient (Wildman–Crippen LogP) is 3.13. The van der Waals surface area contributed by atoms with Crippen molar-refractivity contribution in [2.24, 2.45) is 0 Å². The summed E-state index contributed by atoms with van der Waals surface area (Å²) >= 11 is 1.00. The van der Waals surface area contributed by atoms with Crippen molar-refractivity contribution in [3.8, 4) is 0 Å². The fraction of sp³-hybridized carbons (Fsp3) is 0.231. The van der Waals surface area contributed by atoms with Crippen molar-refractivity contribution in [2.75, 3.05) is 0 Å². The standard InChI is InChI=1S/C13H13NO2S/c1-9(2)14-12(15)11(17-13(14)16)8-10-6-4-3-5-7-10/h3-9H,1-2H3/b11-8+. The van der Waals surface area contributed by atoms with Crippen LogP contribution in [0.2, 0.25) is 0 Å². The van der Waals surface area contributed by atoms with E-state index in [9.17, 15) is 9.59 Å². The van der Waals surface area contributed by atoms with Gasteiger partial charge in [0.15, 0.2) is 0 Å². The number of carbonyl (C=O) groups is 2. The number of benzene rings is 1. The Kier molecular flexibility index (Phi) is 3.33. The van der Waals surface area contributed by atoms with E-state index >= 15 is 0 Å². The molecule has 4 heteroatoms. The van der Waals surface area contributed by atoms with Gasteiger partial charge in [-0.05, 0) is 37.2 Å². The van der Waals surface area contributed by atoms with Crippen molar-refractivity contribution >= 4 is 29.0 Å². The molecule has 0 saturated carbocycles. The average Bonchev–Trinajstić information content (AvgIpc) is 2.55. The molecule has 1 aliphatic heterocycles. The van der Waals surface area contributed by atoms with Gasteiger partial charge in [0.2, 0.25) is 0 Å². The first-order valence-electron chi connectivity index (χ1n) is 5.41. The average molecular weight is 247 g/mol. The maximum atomic E-state index is 12.0. The minimum Gasteiger partial charge on any atom is -0.268 e. The van der Waals surface area contributed by atoms with Crippen LogP contribution >= 0.6 is 11.8 Å². The van der Waals surface area contributed by atoms with Crippen LogP contribution in [0.1, 0.15) is 19.4 Å². The lowest BCUT2D eigenvalue weighted by molar-refractivity contribution is -0.123. The van der Waals surface area contributed by atoms with E-state index in [-0.39, 0.29) is 17.2 Å². The Bertz CT molecular complexity index is 479. The number of nitrogens with zero attached hydrogens (tertiary/aromatic N) is 1. The van der Waals surface area contributed by atoms with Gasteiger partial charge in [0, 0.05) is 6.04 Å². The zero-order valence-corrected chi connectivity index (χ0v) is 10.5. The first-order valence-corrected chi connectivity index (χ1v) is 6.23. The van der Waals surface area contributed by atoms with Gasteiger partial charge in [0.25, 0.3) is 11.1 Å². The van der Waals surface area contributed by atoms with Crippen LogP contribution in [0, 0.1) is 0 Å². The number of hydrogen-bond acceptors (Lipinski definition) is 3. The van der Waals surface area contributed by atoms with E-state index in [1.54, 1.807) is 6.08 Å². The lowest BCUT2D eigenvalue weighted by atomic mass is 10.2. The van der Waals surface area contributed by atoms with E-state index in [0.717, 1.165) is 17.3 Å². The van der Waals surface area contributed by atoms with Gasteiger partial charge < -0.3 is 0 Å². The molecule has 0 N–H and O–H groups in total. The minimum absolute atomic E-state index is 0.0934. The number of imide groups is 1. The zero-order chi connectivity index (χ0) is 12.4. The van der Waals surface area contributed by atoms with Crippen molar-refractivity contribution < 1.29 is 9.59 Å². The topological polar surface area (TPSA) is 37.4 Å².